The van der Waals surface area contributed by atoms with Crippen LogP contribution in [0.15, 0.2) is 59.0 Å². The summed E-state index contributed by atoms with van der Waals surface area (Å²) in [5.74, 6) is 0.451. The number of pyridine rings is 1. The quantitative estimate of drug-likeness (QED) is 0.407. The molecule has 0 N–H and O–H groups in total. The maximum Gasteiger partial charge on any atom is 0.221 e. The number of oxazole rings is 1. The number of para-hydroxylation sites is 1. The van der Waals surface area contributed by atoms with Gasteiger partial charge in [0, 0.05) is 17.3 Å². The third-order valence-corrected chi connectivity index (χ3v) is 4.70. The molecule has 2 aromatic heterocycles. The van der Waals surface area contributed by atoms with Gasteiger partial charge in [-0.2, -0.15) is 0 Å². The van der Waals surface area contributed by atoms with E-state index < -0.39 is 5.82 Å². The Kier molecular flexibility index (Phi) is 5.38. The van der Waals surface area contributed by atoms with Crippen molar-refractivity contribution in [1.82, 2.24) is 9.97 Å². The standard InChI is InChI=1S/C24H21FN2O2/c1-3-18-14-19(12-13-22-27-21-11-7-10-20(25)23(21)29-22)24(26-16(18)2)28-15-17-8-5-4-6-9-17/h4-14H,3,15H2,1-2H3. The summed E-state index contributed by atoms with van der Waals surface area (Å²) < 4.78 is 25.4. The van der Waals surface area contributed by atoms with Crippen LogP contribution >= 0.6 is 0 Å². The van der Waals surface area contributed by atoms with Gasteiger partial charge in [-0.15, -0.1) is 0 Å². The van der Waals surface area contributed by atoms with Crippen LogP contribution in [0.5, 0.6) is 5.88 Å². The molecule has 0 aliphatic rings. The molecule has 0 atom stereocenters. The second-order valence-electron chi connectivity index (χ2n) is 6.73. The Balaban J connectivity index is 1.64. The number of nitrogens with zero attached hydrogens (tertiary/aromatic N) is 2. The van der Waals surface area contributed by atoms with Crippen molar-refractivity contribution in [1.29, 1.82) is 0 Å². The molecule has 146 valence electrons. The average molecular weight is 388 g/mol. The summed E-state index contributed by atoms with van der Waals surface area (Å²) in [6.45, 7) is 4.49. The van der Waals surface area contributed by atoms with E-state index in [9.17, 15) is 4.39 Å². The summed E-state index contributed by atoms with van der Waals surface area (Å²) in [6.07, 6.45) is 4.42. The number of rotatable bonds is 6. The molecule has 0 spiro atoms. The van der Waals surface area contributed by atoms with Crippen LogP contribution in [0.1, 0.15) is 35.2 Å². The molecule has 2 heterocycles. The molecule has 0 amide bonds. The molecule has 0 bridgehead atoms. The van der Waals surface area contributed by atoms with Gasteiger partial charge in [0.05, 0.1) is 0 Å². The van der Waals surface area contributed by atoms with E-state index in [0.29, 0.717) is 23.9 Å². The first-order valence-corrected chi connectivity index (χ1v) is 9.54. The molecule has 0 saturated heterocycles. The molecule has 2 aromatic carbocycles. The molecule has 0 fully saturated rings. The number of halogens is 1. The van der Waals surface area contributed by atoms with E-state index in [-0.39, 0.29) is 5.58 Å². The first kappa shape index (κ1) is 18.9. The normalized spacial score (nSPS) is 11.4. The molecule has 0 unspecified atom stereocenters. The Bertz CT molecular complexity index is 1170. The number of hydrogen-bond donors (Lipinski definition) is 0. The van der Waals surface area contributed by atoms with Crippen molar-refractivity contribution in [3.63, 3.8) is 0 Å². The number of ether oxygens (including phenoxy) is 1. The molecule has 29 heavy (non-hydrogen) atoms. The fourth-order valence-electron chi connectivity index (χ4n) is 3.13. The van der Waals surface area contributed by atoms with Gasteiger partial charge in [0.2, 0.25) is 11.8 Å². The van der Waals surface area contributed by atoms with Gasteiger partial charge in [0.1, 0.15) is 12.1 Å². The summed E-state index contributed by atoms with van der Waals surface area (Å²) in [5, 5.41) is 0. The van der Waals surface area contributed by atoms with Crippen molar-refractivity contribution >= 4 is 23.3 Å². The highest BCUT2D eigenvalue weighted by atomic mass is 19.1. The minimum Gasteiger partial charge on any atom is -0.472 e. The topological polar surface area (TPSA) is 48.2 Å². The van der Waals surface area contributed by atoms with Crippen molar-refractivity contribution < 1.29 is 13.5 Å². The second kappa shape index (κ2) is 8.27. The van der Waals surface area contributed by atoms with E-state index in [0.717, 1.165) is 28.8 Å². The number of aryl methyl sites for hydroxylation is 2. The number of hydrogen-bond acceptors (Lipinski definition) is 4. The van der Waals surface area contributed by atoms with Gasteiger partial charge >= 0.3 is 0 Å². The van der Waals surface area contributed by atoms with E-state index in [1.807, 2.05) is 43.3 Å². The summed E-state index contributed by atoms with van der Waals surface area (Å²) in [6, 6.07) is 16.7. The molecule has 0 aliphatic carbocycles. The van der Waals surface area contributed by atoms with Gasteiger partial charge in [-0.1, -0.05) is 43.3 Å². The van der Waals surface area contributed by atoms with Crippen LogP contribution in [0.4, 0.5) is 4.39 Å². The van der Waals surface area contributed by atoms with Crippen molar-refractivity contribution in [3.05, 3.63) is 88.7 Å². The Morgan fingerprint density at radius 3 is 2.62 bits per heavy atom. The van der Waals surface area contributed by atoms with Crippen LogP contribution in [-0.4, -0.2) is 9.97 Å². The SMILES string of the molecule is CCc1cc(C=Cc2nc3cccc(F)c3o2)c(OCc2ccccc2)nc1C. The molecule has 0 aliphatic heterocycles. The zero-order valence-corrected chi connectivity index (χ0v) is 16.4. The lowest BCUT2D eigenvalue weighted by molar-refractivity contribution is 0.292. The highest BCUT2D eigenvalue weighted by molar-refractivity contribution is 5.77. The second-order valence-corrected chi connectivity index (χ2v) is 6.73. The van der Waals surface area contributed by atoms with Crippen LogP contribution in [0.2, 0.25) is 0 Å². The first-order chi connectivity index (χ1) is 14.1. The van der Waals surface area contributed by atoms with Gasteiger partial charge in [-0.25, -0.2) is 14.4 Å². The molecule has 4 rings (SSSR count). The largest absolute Gasteiger partial charge is 0.472 e. The molecule has 5 heteroatoms. The smallest absolute Gasteiger partial charge is 0.221 e. The lowest BCUT2D eigenvalue weighted by atomic mass is 10.1. The summed E-state index contributed by atoms with van der Waals surface area (Å²) in [4.78, 5) is 8.96. The van der Waals surface area contributed by atoms with Crippen molar-refractivity contribution in [3.8, 4) is 5.88 Å². The van der Waals surface area contributed by atoms with Crippen LogP contribution in [0, 0.1) is 12.7 Å². The number of fused-ring (bicyclic) bond motifs is 1. The lowest BCUT2D eigenvalue weighted by Crippen LogP contribution is -2.02. The number of benzene rings is 2. The average Bonchev–Trinajstić information content (AvgIpc) is 3.17. The van der Waals surface area contributed by atoms with Gasteiger partial charge in [-0.05, 0) is 48.7 Å². The highest BCUT2D eigenvalue weighted by Crippen LogP contribution is 2.25. The molecule has 4 nitrogen and oxygen atoms in total. The van der Waals surface area contributed by atoms with Crippen LogP contribution in [-0.2, 0) is 13.0 Å². The van der Waals surface area contributed by atoms with Gasteiger partial charge in [0.15, 0.2) is 11.4 Å². The molecular formula is C24H21FN2O2. The van der Waals surface area contributed by atoms with Crippen molar-refractivity contribution in [2.45, 2.75) is 26.9 Å². The van der Waals surface area contributed by atoms with Crippen molar-refractivity contribution in [2.75, 3.05) is 0 Å². The predicted molar refractivity (Wildman–Crippen MR) is 112 cm³/mol. The Hall–Kier alpha value is -3.47. The summed E-state index contributed by atoms with van der Waals surface area (Å²) >= 11 is 0. The van der Waals surface area contributed by atoms with Crippen LogP contribution in [0.25, 0.3) is 23.3 Å². The molecular weight excluding hydrogens is 367 g/mol. The fraction of sp³-hybridized carbons (Fsp3) is 0.167. The fourth-order valence-corrected chi connectivity index (χ4v) is 3.13. The third kappa shape index (κ3) is 4.19. The van der Waals surface area contributed by atoms with Gasteiger partial charge in [0.25, 0.3) is 0 Å². The minimum atomic E-state index is -0.424. The number of aromatic nitrogens is 2. The third-order valence-electron chi connectivity index (χ3n) is 4.70. The lowest BCUT2D eigenvalue weighted by Gasteiger charge is -2.12. The minimum absolute atomic E-state index is 0.156. The Labute approximate surface area is 168 Å². The maximum atomic E-state index is 13.8. The molecule has 0 radical (unpaired) electrons. The van der Waals surface area contributed by atoms with E-state index in [2.05, 4.69) is 23.0 Å². The van der Waals surface area contributed by atoms with E-state index in [4.69, 9.17) is 9.15 Å². The molecule has 0 saturated carbocycles. The highest BCUT2D eigenvalue weighted by Gasteiger charge is 2.11. The predicted octanol–water partition coefficient (Wildman–Crippen LogP) is 5.98. The zero-order chi connectivity index (χ0) is 20.2. The van der Waals surface area contributed by atoms with Crippen molar-refractivity contribution in [2.24, 2.45) is 0 Å². The molecule has 4 aromatic rings. The monoisotopic (exact) mass is 388 g/mol. The van der Waals surface area contributed by atoms with Crippen LogP contribution in [0.3, 0.4) is 0 Å². The zero-order valence-electron chi connectivity index (χ0n) is 16.4. The summed E-state index contributed by atoms with van der Waals surface area (Å²) in [7, 11) is 0. The summed E-state index contributed by atoms with van der Waals surface area (Å²) in [5.41, 5.74) is 4.62. The van der Waals surface area contributed by atoms with E-state index >= 15 is 0 Å². The Morgan fingerprint density at radius 1 is 1.03 bits per heavy atom. The Morgan fingerprint density at radius 2 is 1.86 bits per heavy atom. The van der Waals surface area contributed by atoms with E-state index in [1.54, 1.807) is 18.2 Å². The maximum absolute atomic E-state index is 13.8. The van der Waals surface area contributed by atoms with E-state index in [1.165, 1.54) is 6.07 Å². The van der Waals surface area contributed by atoms with Crippen LogP contribution < -0.4 is 4.74 Å². The van der Waals surface area contributed by atoms with Gasteiger partial charge in [-0.3, -0.25) is 0 Å². The first-order valence-electron chi connectivity index (χ1n) is 9.54. The van der Waals surface area contributed by atoms with Gasteiger partial charge < -0.3 is 9.15 Å².